The summed E-state index contributed by atoms with van der Waals surface area (Å²) in [4.78, 5) is 4.08. The van der Waals surface area contributed by atoms with Gasteiger partial charge < -0.3 is 9.63 Å². The highest BCUT2D eigenvalue weighted by Crippen LogP contribution is 2.19. The van der Waals surface area contributed by atoms with Crippen LogP contribution in [0.4, 0.5) is 0 Å². The van der Waals surface area contributed by atoms with Gasteiger partial charge in [-0.15, -0.1) is 0 Å². The molecule has 15 heavy (non-hydrogen) atoms. The molecule has 1 aromatic carbocycles. The van der Waals surface area contributed by atoms with Crippen molar-refractivity contribution in [2.24, 2.45) is 0 Å². The fraction of sp³-hybridized carbons (Fsp3) is 0.273. The van der Waals surface area contributed by atoms with Gasteiger partial charge in [-0.3, -0.25) is 0 Å². The second kappa shape index (κ2) is 3.82. The van der Waals surface area contributed by atoms with Crippen LogP contribution in [0.2, 0.25) is 0 Å². The summed E-state index contributed by atoms with van der Waals surface area (Å²) in [5.74, 6) is 0.747. The van der Waals surface area contributed by atoms with Crippen LogP contribution in [0.5, 0.6) is 0 Å². The van der Waals surface area contributed by atoms with Crippen molar-refractivity contribution >= 4 is 0 Å². The van der Waals surface area contributed by atoms with E-state index in [0.717, 1.165) is 5.56 Å². The Hall–Kier alpha value is -1.68. The second-order valence-corrected chi connectivity index (χ2v) is 3.50. The largest absolute Gasteiger partial charge is 0.385 e. The zero-order valence-corrected chi connectivity index (χ0v) is 8.64. The van der Waals surface area contributed by atoms with E-state index in [1.807, 2.05) is 31.2 Å². The number of aliphatic hydroxyl groups excluding tert-OH is 1. The molecule has 2 rings (SSSR count). The molecule has 0 saturated carbocycles. The van der Waals surface area contributed by atoms with Gasteiger partial charge in [0, 0.05) is 5.56 Å². The maximum atomic E-state index is 9.24. The monoisotopic (exact) mass is 204 g/mol. The fourth-order valence-corrected chi connectivity index (χ4v) is 1.22. The van der Waals surface area contributed by atoms with E-state index in [1.165, 1.54) is 5.56 Å². The van der Waals surface area contributed by atoms with Crippen molar-refractivity contribution < 1.29 is 9.63 Å². The van der Waals surface area contributed by atoms with Crippen LogP contribution in [0.25, 0.3) is 11.5 Å². The lowest BCUT2D eigenvalue weighted by atomic mass is 10.1. The third-order valence-corrected chi connectivity index (χ3v) is 2.11. The molecule has 78 valence electrons. The predicted octanol–water partition coefficient (Wildman–Crippen LogP) is 2.10. The van der Waals surface area contributed by atoms with E-state index in [9.17, 15) is 5.11 Å². The quantitative estimate of drug-likeness (QED) is 0.813. The number of rotatable bonds is 2. The van der Waals surface area contributed by atoms with E-state index >= 15 is 0 Å². The molecule has 0 radical (unpaired) electrons. The first-order chi connectivity index (χ1) is 7.16. The maximum absolute atomic E-state index is 9.24. The molecule has 4 nitrogen and oxygen atoms in total. The van der Waals surface area contributed by atoms with Gasteiger partial charge in [0.1, 0.15) is 6.10 Å². The predicted molar refractivity (Wildman–Crippen MR) is 55.1 cm³/mol. The molecule has 1 N–H and O–H groups in total. The van der Waals surface area contributed by atoms with Gasteiger partial charge >= 0.3 is 0 Å². The standard InChI is InChI=1S/C11H12N2O2/c1-7-3-5-9(6-4-7)11-12-10(8(2)14)13-15-11/h3-6,8,14H,1-2H3. The molecule has 0 aliphatic heterocycles. The Labute approximate surface area is 87.6 Å². The van der Waals surface area contributed by atoms with Crippen molar-refractivity contribution in [3.05, 3.63) is 35.7 Å². The topological polar surface area (TPSA) is 59.2 Å². The van der Waals surface area contributed by atoms with E-state index in [0.29, 0.717) is 11.7 Å². The van der Waals surface area contributed by atoms with Crippen LogP contribution in [-0.2, 0) is 0 Å². The summed E-state index contributed by atoms with van der Waals surface area (Å²) in [7, 11) is 0. The Balaban J connectivity index is 2.33. The van der Waals surface area contributed by atoms with Gasteiger partial charge in [-0.25, -0.2) is 0 Å². The Bertz CT molecular complexity index is 446. The minimum Gasteiger partial charge on any atom is -0.385 e. The van der Waals surface area contributed by atoms with Crippen LogP contribution >= 0.6 is 0 Å². The van der Waals surface area contributed by atoms with E-state index in [4.69, 9.17) is 4.52 Å². The molecule has 0 aliphatic rings. The van der Waals surface area contributed by atoms with Crippen LogP contribution in [0.1, 0.15) is 24.4 Å². The van der Waals surface area contributed by atoms with E-state index in [2.05, 4.69) is 10.1 Å². The molecule has 0 aliphatic carbocycles. The molecular weight excluding hydrogens is 192 g/mol. The van der Waals surface area contributed by atoms with Crippen LogP contribution in [0, 0.1) is 6.92 Å². The Morgan fingerprint density at radius 1 is 1.27 bits per heavy atom. The highest BCUT2D eigenvalue weighted by Gasteiger charge is 2.11. The highest BCUT2D eigenvalue weighted by molar-refractivity contribution is 5.53. The number of benzene rings is 1. The second-order valence-electron chi connectivity index (χ2n) is 3.50. The highest BCUT2D eigenvalue weighted by atomic mass is 16.5. The molecule has 4 heteroatoms. The number of aryl methyl sites for hydroxylation is 1. The molecule has 1 atom stereocenters. The van der Waals surface area contributed by atoms with Crippen molar-refractivity contribution in [1.82, 2.24) is 10.1 Å². The lowest BCUT2D eigenvalue weighted by molar-refractivity contribution is 0.184. The smallest absolute Gasteiger partial charge is 0.258 e. The number of hydrogen-bond acceptors (Lipinski definition) is 4. The Morgan fingerprint density at radius 3 is 2.47 bits per heavy atom. The minimum atomic E-state index is -0.701. The first kappa shape index (κ1) is 9.86. The van der Waals surface area contributed by atoms with E-state index < -0.39 is 6.10 Å². The average Bonchev–Trinajstić information content (AvgIpc) is 2.68. The summed E-state index contributed by atoms with van der Waals surface area (Å²) in [6, 6.07) is 7.77. The van der Waals surface area contributed by atoms with Crippen LogP contribution in [0.15, 0.2) is 28.8 Å². The average molecular weight is 204 g/mol. The molecule has 1 aromatic heterocycles. The van der Waals surface area contributed by atoms with Gasteiger partial charge in [0.2, 0.25) is 0 Å². The van der Waals surface area contributed by atoms with Gasteiger partial charge in [0.15, 0.2) is 5.82 Å². The van der Waals surface area contributed by atoms with Gasteiger partial charge in [0.25, 0.3) is 5.89 Å². The fourth-order valence-electron chi connectivity index (χ4n) is 1.22. The van der Waals surface area contributed by atoms with Crippen LogP contribution in [-0.4, -0.2) is 15.2 Å². The third-order valence-electron chi connectivity index (χ3n) is 2.11. The lowest BCUT2D eigenvalue weighted by Gasteiger charge is -1.95. The first-order valence-electron chi connectivity index (χ1n) is 4.75. The van der Waals surface area contributed by atoms with Crippen molar-refractivity contribution in [2.75, 3.05) is 0 Å². The molecule has 0 amide bonds. The van der Waals surface area contributed by atoms with Crippen LogP contribution in [0.3, 0.4) is 0 Å². The molecule has 0 saturated heterocycles. The normalized spacial score (nSPS) is 12.7. The summed E-state index contributed by atoms with van der Waals surface area (Å²) >= 11 is 0. The molecule has 0 spiro atoms. The number of nitrogens with zero attached hydrogens (tertiary/aromatic N) is 2. The van der Waals surface area contributed by atoms with Crippen molar-refractivity contribution in [2.45, 2.75) is 20.0 Å². The summed E-state index contributed by atoms with van der Waals surface area (Å²) in [6.07, 6.45) is -0.701. The molecule has 0 fully saturated rings. The van der Waals surface area contributed by atoms with Crippen molar-refractivity contribution in [1.29, 1.82) is 0 Å². The number of aliphatic hydroxyl groups is 1. The SMILES string of the molecule is Cc1ccc(-c2nc(C(C)O)no2)cc1. The van der Waals surface area contributed by atoms with Gasteiger partial charge in [0.05, 0.1) is 0 Å². The Morgan fingerprint density at radius 2 is 1.93 bits per heavy atom. The molecule has 2 aromatic rings. The van der Waals surface area contributed by atoms with Gasteiger partial charge in [-0.05, 0) is 26.0 Å². The van der Waals surface area contributed by atoms with Gasteiger partial charge in [-0.2, -0.15) is 4.98 Å². The summed E-state index contributed by atoms with van der Waals surface area (Å²) < 4.78 is 5.03. The van der Waals surface area contributed by atoms with Crippen molar-refractivity contribution in [3.8, 4) is 11.5 Å². The summed E-state index contributed by atoms with van der Waals surface area (Å²) in [5.41, 5.74) is 2.04. The van der Waals surface area contributed by atoms with E-state index in [1.54, 1.807) is 6.92 Å². The zero-order valence-electron chi connectivity index (χ0n) is 8.64. The maximum Gasteiger partial charge on any atom is 0.258 e. The summed E-state index contributed by atoms with van der Waals surface area (Å²) in [5, 5.41) is 12.9. The molecule has 1 unspecified atom stereocenters. The minimum absolute atomic E-state index is 0.311. The zero-order chi connectivity index (χ0) is 10.8. The van der Waals surface area contributed by atoms with Crippen molar-refractivity contribution in [3.63, 3.8) is 0 Å². The molecular formula is C11H12N2O2. The lowest BCUT2D eigenvalue weighted by Crippen LogP contribution is -1.92. The molecule has 1 heterocycles. The van der Waals surface area contributed by atoms with Crippen LogP contribution < -0.4 is 0 Å². The first-order valence-corrected chi connectivity index (χ1v) is 4.75. The Kier molecular flexibility index (Phi) is 2.51. The number of hydrogen-bond donors (Lipinski definition) is 1. The molecule has 0 bridgehead atoms. The van der Waals surface area contributed by atoms with Gasteiger partial charge in [-0.1, -0.05) is 22.9 Å². The summed E-state index contributed by atoms with van der Waals surface area (Å²) in [6.45, 7) is 3.61. The number of aromatic nitrogens is 2. The third kappa shape index (κ3) is 2.05. The van der Waals surface area contributed by atoms with E-state index in [-0.39, 0.29) is 0 Å².